The molecule has 0 saturated carbocycles. The lowest BCUT2D eigenvalue weighted by molar-refractivity contribution is 0.597. The summed E-state index contributed by atoms with van der Waals surface area (Å²) in [5.74, 6) is 0.438. The molecule has 0 saturated heterocycles. The van der Waals surface area contributed by atoms with Gasteiger partial charge < -0.3 is 0 Å². The summed E-state index contributed by atoms with van der Waals surface area (Å²) in [5, 5.41) is 0. The van der Waals surface area contributed by atoms with Gasteiger partial charge in [0.15, 0.2) is 0 Å². The maximum atomic E-state index is 13.9. The highest BCUT2D eigenvalue weighted by Crippen LogP contribution is 2.25. The summed E-state index contributed by atoms with van der Waals surface area (Å²) in [4.78, 5) is 0. The van der Waals surface area contributed by atoms with Gasteiger partial charge in [0.2, 0.25) is 0 Å². The first-order valence-corrected chi connectivity index (χ1v) is 7.49. The van der Waals surface area contributed by atoms with Crippen LogP contribution in [0.4, 0.5) is 4.39 Å². The molecule has 2 aromatic rings. The maximum Gasteiger partial charge on any atom is 0.127 e. The van der Waals surface area contributed by atoms with Gasteiger partial charge in [0, 0.05) is 16.3 Å². The smallest absolute Gasteiger partial charge is 0.127 e. The van der Waals surface area contributed by atoms with Crippen LogP contribution in [0.1, 0.15) is 22.6 Å². The Morgan fingerprint density at radius 2 is 2.00 bits per heavy atom. The molecule has 0 nitrogen and oxygen atoms in total. The minimum Gasteiger partial charge on any atom is -0.207 e. The predicted octanol–water partition coefficient (Wildman–Crippen LogP) is 5.46. The van der Waals surface area contributed by atoms with Crippen LogP contribution in [0.2, 0.25) is 0 Å². The van der Waals surface area contributed by atoms with Crippen molar-refractivity contribution in [2.24, 2.45) is 0 Å². The standard InChI is InChI=1S/C16H15BrClF/c1-11-3-2-4-12(7-11)14(10-18)8-13-5-6-15(17)9-16(13)19/h2-7,9,14H,8,10H2,1H3. The quantitative estimate of drug-likeness (QED) is 0.648. The molecule has 1 unspecified atom stereocenters. The van der Waals surface area contributed by atoms with Crippen LogP contribution in [0.5, 0.6) is 0 Å². The Morgan fingerprint density at radius 1 is 1.21 bits per heavy atom. The first-order valence-electron chi connectivity index (χ1n) is 6.16. The fraction of sp³-hybridized carbons (Fsp3) is 0.250. The molecule has 0 aromatic heterocycles. The highest BCUT2D eigenvalue weighted by atomic mass is 79.9. The molecular weight excluding hydrogens is 327 g/mol. The Hall–Kier alpha value is -0.860. The van der Waals surface area contributed by atoms with Crippen molar-refractivity contribution in [1.29, 1.82) is 0 Å². The fourth-order valence-corrected chi connectivity index (χ4v) is 2.76. The Morgan fingerprint density at radius 3 is 2.63 bits per heavy atom. The number of rotatable bonds is 4. The van der Waals surface area contributed by atoms with E-state index in [0.29, 0.717) is 17.9 Å². The number of benzene rings is 2. The second kappa shape index (κ2) is 6.53. The van der Waals surface area contributed by atoms with Gasteiger partial charge in [-0.05, 0) is 36.6 Å². The molecule has 2 rings (SSSR count). The summed E-state index contributed by atoms with van der Waals surface area (Å²) < 4.78 is 14.6. The van der Waals surface area contributed by atoms with Crippen molar-refractivity contribution in [2.45, 2.75) is 19.3 Å². The summed E-state index contributed by atoms with van der Waals surface area (Å²) in [6.45, 7) is 2.05. The van der Waals surface area contributed by atoms with Gasteiger partial charge >= 0.3 is 0 Å². The molecule has 0 aliphatic carbocycles. The second-order valence-electron chi connectivity index (χ2n) is 4.71. The minimum atomic E-state index is -0.183. The molecule has 19 heavy (non-hydrogen) atoms. The van der Waals surface area contributed by atoms with E-state index >= 15 is 0 Å². The zero-order chi connectivity index (χ0) is 13.8. The van der Waals surface area contributed by atoms with Gasteiger partial charge in [-0.15, -0.1) is 11.6 Å². The first-order chi connectivity index (χ1) is 9.10. The lowest BCUT2D eigenvalue weighted by Gasteiger charge is -2.15. The van der Waals surface area contributed by atoms with E-state index in [1.54, 1.807) is 0 Å². The normalized spacial score (nSPS) is 12.4. The van der Waals surface area contributed by atoms with E-state index in [2.05, 4.69) is 41.1 Å². The van der Waals surface area contributed by atoms with Gasteiger partial charge in [-0.1, -0.05) is 51.8 Å². The third kappa shape index (κ3) is 3.80. The van der Waals surface area contributed by atoms with Gasteiger partial charge in [-0.25, -0.2) is 4.39 Å². The van der Waals surface area contributed by atoms with Gasteiger partial charge in [0.25, 0.3) is 0 Å². The molecule has 0 heterocycles. The van der Waals surface area contributed by atoms with Crippen LogP contribution in [0.3, 0.4) is 0 Å². The van der Waals surface area contributed by atoms with Crippen LogP contribution in [-0.2, 0) is 6.42 Å². The monoisotopic (exact) mass is 340 g/mol. The van der Waals surface area contributed by atoms with Crippen molar-refractivity contribution in [1.82, 2.24) is 0 Å². The van der Waals surface area contributed by atoms with Crippen LogP contribution in [-0.4, -0.2) is 5.88 Å². The van der Waals surface area contributed by atoms with Crippen molar-refractivity contribution in [2.75, 3.05) is 5.88 Å². The van der Waals surface area contributed by atoms with E-state index < -0.39 is 0 Å². The molecule has 0 radical (unpaired) electrons. The van der Waals surface area contributed by atoms with Gasteiger partial charge in [0.05, 0.1) is 0 Å². The molecule has 3 heteroatoms. The number of halogens is 3. The van der Waals surface area contributed by atoms with Crippen molar-refractivity contribution in [3.8, 4) is 0 Å². The fourth-order valence-electron chi connectivity index (χ4n) is 2.14. The Bertz CT molecular complexity index is 568. The average molecular weight is 342 g/mol. The highest BCUT2D eigenvalue weighted by molar-refractivity contribution is 9.10. The molecule has 0 bridgehead atoms. The van der Waals surface area contributed by atoms with E-state index in [0.717, 1.165) is 10.0 Å². The van der Waals surface area contributed by atoms with Crippen molar-refractivity contribution in [3.63, 3.8) is 0 Å². The Balaban J connectivity index is 2.24. The predicted molar refractivity (Wildman–Crippen MR) is 82.4 cm³/mol. The van der Waals surface area contributed by atoms with E-state index in [1.165, 1.54) is 11.6 Å². The van der Waals surface area contributed by atoms with Crippen LogP contribution >= 0.6 is 27.5 Å². The molecule has 0 spiro atoms. The van der Waals surface area contributed by atoms with Crippen LogP contribution in [0, 0.1) is 12.7 Å². The number of hydrogen-bond donors (Lipinski definition) is 0. The maximum absolute atomic E-state index is 13.9. The Labute approximate surface area is 126 Å². The topological polar surface area (TPSA) is 0 Å². The third-order valence-corrected chi connectivity index (χ3v) is 4.05. The second-order valence-corrected chi connectivity index (χ2v) is 5.93. The molecule has 0 aliphatic rings. The Kier molecular flexibility index (Phi) is 5.00. The van der Waals surface area contributed by atoms with Crippen LogP contribution in [0.15, 0.2) is 46.9 Å². The zero-order valence-corrected chi connectivity index (χ0v) is 13.0. The summed E-state index contributed by atoms with van der Waals surface area (Å²) >= 11 is 9.32. The molecule has 0 aliphatic heterocycles. The molecule has 0 N–H and O–H groups in total. The first kappa shape index (κ1) is 14.5. The van der Waals surface area contributed by atoms with Crippen molar-refractivity contribution >= 4 is 27.5 Å². The molecule has 2 aromatic carbocycles. The van der Waals surface area contributed by atoms with Gasteiger partial charge in [-0.2, -0.15) is 0 Å². The number of hydrogen-bond acceptors (Lipinski definition) is 0. The lowest BCUT2D eigenvalue weighted by Crippen LogP contribution is -2.06. The van der Waals surface area contributed by atoms with Crippen molar-refractivity contribution < 1.29 is 4.39 Å². The summed E-state index contributed by atoms with van der Waals surface area (Å²) in [7, 11) is 0. The molecule has 100 valence electrons. The lowest BCUT2D eigenvalue weighted by atomic mass is 9.92. The largest absolute Gasteiger partial charge is 0.207 e. The number of aryl methyl sites for hydroxylation is 1. The summed E-state index contributed by atoms with van der Waals surface area (Å²) in [6, 6.07) is 13.4. The average Bonchev–Trinajstić information content (AvgIpc) is 2.38. The SMILES string of the molecule is Cc1cccc(C(CCl)Cc2ccc(Br)cc2F)c1. The molecule has 1 atom stereocenters. The minimum absolute atomic E-state index is 0.136. The molecular formula is C16H15BrClF. The zero-order valence-electron chi connectivity index (χ0n) is 10.7. The number of alkyl halides is 1. The molecule has 0 fully saturated rings. The summed E-state index contributed by atoms with van der Waals surface area (Å²) in [5.41, 5.74) is 3.07. The van der Waals surface area contributed by atoms with Crippen LogP contribution in [0.25, 0.3) is 0 Å². The van der Waals surface area contributed by atoms with Crippen LogP contribution < -0.4 is 0 Å². The van der Waals surface area contributed by atoms with E-state index in [9.17, 15) is 4.39 Å². The van der Waals surface area contributed by atoms with E-state index in [1.807, 2.05) is 18.2 Å². The van der Waals surface area contributed by atoms with E-state index in [-0.39, 0.29) is 11.7 Å². The van der Waals surface area contributed by atoms with E-state index in [4.69, 9.17) is 11.6 Å². The van der Waals surface area contributed by atoms with Gasteiger partial charge in [0.1, 0.15) is 5.82 Å². The third-order valence-electron chi connectivity index (χ3n) is 3.18. The summed E-state index contributed by atoms with van der Waals surface area (Å²) in [6.07, 6.45) is 0.617. The highest BCUT2D eigenvalue weighted by Gasteiger charge is 2.14. The van der Waals surface area contributed by atoms with Crippen molar-refractivity contribution in [3.05, 3.63) is 69.4 Å². The molecule has 0 amide bonds. The van der Waals surface area contributed by atoms with Gasteiger partial charge in [-0.3, -0.25) is 0 Å².